The molecule has 6 nitrogen and oxygen atoms in total. The molecule has 1 fully saturated rings. The maximum atomic E-state index is 12.2. The molecule has 98 valence electrons. The largest absolute Gasteiger partial charge is 0.368 e. The summed E-state index contributed by atoms with van der Waals surface area (Å²) in [5.74, 6) is -0.510. The number of carbonyl (C=O) groups is 2. The van der Waals surface area contributed by atoms with Crippen molar-refractivity contribution in [2.75, 3.05) is 13.2 Å². The molecular weight excluding hydrogens is 234 g/mol. The van der Waals surface area contributed by atoms with Gasteiger partial charge < -0.3 is 10.6 Å². The maximum absolute atomic E-state index is 12.2. The number of rotatable bonds is 4. The summed E-state index contributed by atoms with van der Waals surface area (Å²) in [5, 5.41) is 1.31. The van der Waals surface area contributed by atoms with Crippen LogP contribution in [0.25, 0.3) is 0 Å². The predicted octanol–water partition coefficient (Wildman–Crippen LogP) is 0.414. The van der Waals surface area contributed by atoms with Gasteiger partial charge in [-0.15, -0.1) is 6.58 Å². The lowest BCUT2D eigenvalue weighted by Gasteiger charge is -2.30. The van der Waals surface area contributed by atoms with Gasteiger partial charge in [0.05, 0.1) is 13.2 Å². The average molecular weight is 251 g/mol. The number of amides is 3. The van der Waals surface area contributed by atoms with Gasteiger partial charge in [-0.05, 0) is 25.0 Å². The first-order chi connectivity index (χ1) is 8.49. The summed E-state index contributed by atoms with van der Waals surface area (Å²) in [5.41, 5.74) is 7.16. The van der Waals surface area contributed by atoms with Crippen LogP contribution in [0.3, 0.4) is 0 Å². The van der Waals surface area contributed by atoms with Gasteiger partial charge in [0.1, 0.15) is 12.1 Å². The SMILES string of the molecule is C=CCON1C(=O)N2CC1C(C)=C(C)C2C(N)=O. The molecule has 6 heteroatoms. The molecule has 2 atom stereocenters. The average Bonchev–Trinajstić information content (AvgIpc) is 2.59. The van der Waals surface area contributed by atoms with E-state index in [1.54, 1.807) is 6.08 Å². The molecule has 0 aromatic heterocycles. The molecule has 0 aliphatic carbocycles. The molecule has 0 spiro atoms. The number of fused-ring (bicyclic) bond motifs is 2. The van der Waals surface area contributed by atoms with Gasteiger partial charge in [0.25, 0.3) is 0 Å². The van der Waals surface area contributed by atoms with E-state index in [2.05, 4.69) is 6.58 Å². The number of urea groups is 1. The van der Waals surface area contributed by atoms with Crippen molar-refractivity contribution in [1.82, 2.24) is 9.96 Å². The third kappa shape index (κ3) is 1.69. The lowest BCUT2D eigenvalue weighted by atomic mass is 9.93. The molecule has 0 aromatic rings. The van der Waals surface area contributed by atoms with E-state index < -0.39 is 11.9 Å². The van der Waals surface area contributed by atoms with Crippen molar-refractivity contribution in [3.8, 4) is 0 Å². The summed E-state index contributed by atoms with van der Waals surface area (Å²) in [6.07, 6.45) is 1.57. The standard InChI is InChI=1S/C12H17N3O3/c1-4-5-18-15-9-6-14(12(15)17)10(11(13)16)8(3)7(9)2/h4,9-10H,1,5-6H2,2-3H3,(H2,13,16). The van der Waals surface area contributed by atoms with Crippen LogP contribution in [0.1, 0.15) is 13.8 Å². The maximum Gasteiger partial charge on any atom is 0.345 e. The Labute approximate surface area is 106 Å². The van der Waals surface area contributed by atoms with Crippen LogP contribution in [0.4, 0.5) is 4.79 Å². The number of carbonyl (C=O) groups excluding carboxylic acids is 2. The molecule has 0 saturated carbocycles. The van der Waals surface area contributed by atoms with E-state index in [1.807, 2.05) is 13.8 Å². The molecule has 2 rings (SSSR count). The minimum Gasteiger partial charge on any atom is -0.368 e. The Morgan fingerprint density at radius 3 is 2.78 bits per heavy atom. The highest BCUT2D eigenvalue weighted by Crippen LogP contribution is 2.33. The van der Waals surface area contributed by atoms with E-state index in [0.29, 0.717) is 6.54 Å². The zero-order valence-corrected chi connectivity index (χ0v) is 10.5. The summed E-state index contributed by atoms with van der Waals surface area (Å²) in [7, 11) is 0. The normalized spacial score (nSPS) is 26.9. The van der Waals surface area contributed by atoms with Crippen LogP contribution >= 0.6 is 0 Å². The van der Waals surface area contributed by atoms with Gasteiger partial charge in [-0.25, -0.2) is 4.79 Å². The van der Waals surface area contributed by atoms with Crippen molar-refractivity contribution in [2.45, 2.75) is 25.9 Å². The van der Waals surface area contributed by atoms with Gasteiger partial charge in [0.15, 0.2) is 0 Å². The van der Waals surface area contributed by atoms with Gasteiger partial charge in [-0.1, -0.05) is 6.08 Å². The third-order valence-electron chi connectivity index (χ3n) is 3.53. The van der Waals surface area contributed by atoms with Crippen molar-refractivity contribution in [3.63, 3.8) is 0 Å². The van der Waals surface area contributed by atoms with Gasteiger partial charge in [-0.2, -0.15) is 5.06 Å². The second-order valence-corrected chi connectivity index (χ2v) is 4.53. The van der Waals surface area contributed by atoms with Gasteiger partial charge in [-0.3, -0.25) is 9.63 Å². The monoisotopic (exact) mass is 251 g/mol. The van der Waals surface area contributed by atoms with E-state index in [0.717, 1.165) is 11.1 Å². The summed E-state index contributed by atoms with van der Waals surface area (Å²) in [4.78, 5) is 30.5. The van der Waals surface area contributed by atoms with E-state index >= 15 is 0 Å². The second-order valence-electron chi connectivity index (χ2n) is 4.53. The highest BCUT2D eigenvalue weighted by Gasteiger charge is 2.49. The topological polar surface area (TPSA) is 75.9 Å². The molecule has 18 heavy (non-hydrogen) atoms. The van der Waals surface area contributed by atoms with E-state index in [-0.39, 0.29) is 18.7 Å². The van der Waals surface area contributed by atoms with Crippen LogP contribution in [0.5, 0.6) is 0 Å². The highest BCUT2D eigenvalue weighted by atomic mass is 16.7. The minimum absolute atomic E-state index is 0.145. The Morgan fingerprint density at radius 2 is 2.22 bits per heavy atom. The fourth-order valence-electron chi connectivity index (χ4n) is 2.48. The van der Waals surface area contributed by atoms with Gasteiger partial charge in [0, 0.05) is 0 Å². The van der Waals surface area contributed by atoms with E-state index in [1.165, 1.54) is 9.96 Å². The second kappa shape index (κ2) is 4.45. The van der Waals surface area contributed by atoms with Crippen LogP contribution in [0.2, 0.25) is 0 Å². The predicted molar refractivity (Wildman–Crippen MR) is 65.2 cm³/mol. The van der Waals surface area contributed by atoms with Crippen LogP contribution < -0.4 is 5.73 Å². The first-order valence-electron chi connectivity index (χ1n) is 5.79. The lowest BCUT2D eigenvalue weighted by Crippen LogP contribution is -2.48. The Kier molecular flexibility index (Phi) is 3.13. The molecule has 0 aromatic carbocycles. The number of primary amides is 1. The fraction of sp³-hybridized carbons (Fsp3) is 0.500. The molecule has 2 aliphatic heterocycles. The fourth-order valence-corrected chi connectivity index (χ4v) is 2.48. The number of hydrogen-bond acceptors (Lipinski definition) is 3. The van der Waals surface area contributed by atoms with Crippen molar-refractivity contribution in [3.05, 3.63) is 23.8 Å². The third-order valence-corrected chi connectivity index (χ3v) is 3.53. The Hall–Kier alpha value is -1.82. The van der Waals surface area contributed by atoms with Crippen molar-refractivity contribution in [1.29, 1.82) is 0 Å². The minimum atomic E-state index is -0.661. The Balaban J connectivity index is 2.34. The van der Waals surface area contributed by atoms with E-state index in [4.69, 9.17) is 10.6 Å². The Bertz CT molecular complexity index is 444. The highest BCUT2D eigenvalue weighted by molar-refractivity contribution is 5.91. The molecule has 2 bridgehead atoms. The molecule has 2 aliphatic rings. The van der Waals surface area contributed by atoms with Crippen LogP contribution in [0, 0.1) is 0 Å². The molecule has 3 amide bonds. The molecular formula is C12H17N3O3. The number of nitrogens with zero attached hydrogens (tertiary/aromatic N) is 2. The first kappa shape index (κ1) is 12.6. The van der Waals surface area contributed by atoms with E-state index in [9.17, 15) is 9.59 Å². The van der Waals surface area contributed by atoms with Crippen LogP contribution in [-0.4, -0.2) is 47.1 Å². The summed E-state index contributed by atoms with van der Waals surface area (Å²) < 4.78 is 0. The van der Waals surface area contributed by atoms with Gasteiger partial charge >= 0.3 is 6.03 Å². The molecule has 1 saturated heterocycles. The summed E-state index contributed by atoms with van der Waals surface area (Å²) >= 11 is 0. The lowest BCUT2D eigenvalue weighted by molar-refractivity contribution is -0.121. The van der Waals surface area contributed by atoms with Crippen LogP contribution in [-0.2, 0) is 9.63 Å². The molecule has 2 unspecified atom stereocenters. The summed E-state index contributed by atoms with van der Waals surface area (Å²) in [6, 6.07) is -1.12. The zero-order valence-electron chi connectivity index (χ0n) is 10.5. The van der Waals surface area contributed by atoms with Crippen molar-refractivity contribution < 1.29 is 14.4 Å². The molecule has 2 N–H and O–H groups in total. The van der Waals surface area contributed by atoms with Crippen molar-refractivity contribution >= 4 is 11.9 Å². The van der Waals surface area contributed by atoms with Crippen LogP contribution in [0.15, 0.2) is 23.8 Å². The number of hydrogen-bond donors (Lipinski definition) is 1. The number of nitrogens with two attached hydrogens (primary N) is 1. The zero-order chi connectivity index (χ0) is 13.4. The quantitative estimate of drug-likeness (QED) is 0.735. The molecule has 2 heterocycles. The van der Waals surface area contributed by atoms with Crippen molar-refractivity contribution in [2.24, 2.45) is 5.73 Å². The smallest absolute Gasteiger partial charge is 0.345 e. The van der Waals surface area contributed by atoms with Gasteiger partial charge in [0.2, 0.25) is 5.91 Å². The molecule has 0 radical (unpaired) electrons. The first-order valence-corrected chi connectivity index (χ1v) is 5.79. The number of hydroxylamine groups is 2. The Morgan fingerprint density at radius 1 is 1.56 bits per heavy atom. The summed E-state index contributed by atoms with van der Waals surface area (Å²) in [6.45, 7) is 7.96.